The molecular formula is C15H25OP. The summed E-state index contributed by atoms with van der Waals surface area (Å²) < 4.78 is 12.7. The highest BCUT2D eigenvalue weighted by atomic mass is 31.1. The average molecular weight is 252 g/mol. The van der Waals surface area contributed by atoms with Crippen LogP contribution in [0.25, 0.3) is 0 Å². The second-order valence-corrected chi connectivity index (χ2v) is 8.14. The van der Waals surface area contributed by atoms with Crippen molar-refractivity contribution in [1.82, 2.24) is 0 Å². The normalized spacial score (nSPS) is 35.1. The lowest BCUT2D eigenvalue weighted by Gasteiger charge is -2.37. The van der Waals surface area contributed by atoms with Gasteiger partial charge in [0, 0.05) is 11.0 Å². The Balaban J connectivity index is 2.14. The van der Waals surface area contributed by atoms with Gasteiger partial charge in [0.2, 0.25) is 0 Å². The maximum Gasteiger partial charge on any atom is 0.107 e. The Bertz CT molecular complexity index is 354. The third-order valence-corrected chi connectivity index (χ3v) is 6.69. The number of hydrogen-bond donors (Lipinski definition) is 0. The summed E-state index contributed by atoms with van der Waals surface area (Å²) in [6.45, 7) is 6.90. The van der Waals surface area contributed by atoms with Gasteiger partial charge in [-0.05, 0) is 37.0 Å². The molecule has 1 fully saturated rings. The SMILES string of the molecule is CC(C)[C@@H]1CC[C@@H](C)C[C@H]1[PH](=O)C1=CCC=C1. The van der Waals surface area contributed by atoms with Crippen LogP contribution in [0.4, 0.5) is 0 Å². The van der Waals surface area contributed by atoms with Crippen molar-refractivity contribution in [2.75, 3.05) is 0 Å². The van der Waals surface area contributed by atoms with E-state index in [0.717, 1.165) is 17.7 Å². The van der Waals surface area contributed by atoms with Crippen molar-refractivity contribution in [3.05, 3.63) is 23.5 Å². The summed E-state index contributed by atoms with van der Waals surface area (Å²) in [4.78, 5) is 0. The molecule has 0 spiro atoms. The van der Waals surface area contributed by atoms with Gasteiger partial charge in [0.1, 0.15) is 7.80 Å². The van der Waals surface area contributed by atoms with E-state index in [2.05, 4.69) is 39.0 Å². The van der Waals surface area contributed by atoms with Gasteiger partial charge in [-0.3, -0.25) is 0 Å². The maximum atomic E-state index is 12.7. The molecule has 96 valence electrons. The minimum Gasteiger partial charge on any atom is -0.322 e. The minimum atomic E-state index is -1.57. The van der Waals surface area contributed by atoms with Crippen molar-refractivity contribution in [3.63, 3.8) is 0 Å². The van der Waals surface area contributed by atoms with Gasteiger partial charge in [-0.1, -0.05) is 45.4 Å². The summed E-state index contributed by atoms with van der Waals surface area (Å²) >= 11 is 0. The van der Waals surface area contributed by atoms with Crippen molar-refractivity contribution in [2.45, 2.75) is 52.1 Å². The van der Waals surface area contributed by atoms with E-state index in [1.165, 1.54) is 19.3 Å². The van der Waals surface area contributed by atoms with Gasteiger partial charge in [0.05, 0.1) is 0 Å². The highest BCUT2D eigenvalue weighted by Gasteiger charge is 2.35. The summed E-state index contributed by atoms with van der Waals surface area (Å²) in [7, 11) is -1.57. The Morgan fingerprint density at radius 1 is 1.35 bits per heavy atom. The first-order valence-electron chi connectivity index (χ1n) is 7.00. The van der Waals surface area contributed by atoms with Gasteiger partial charge in [0.15, 0.2) is 0 Å². The van der Waals surface area contributed by atoms with Gasteiger partial charge in [0.25, 0.3) is 0 Å². The quantitative estimate of drug-likeness (QED) is 0.656. The first-order chi connectivity index (χ1) is 8.09. The van der Waals surface area contributed by atoms with Crippen LogP contribution in [0.2, 0.25) is 0 Å². The summed E-state index contributed by atoms with van der Waals surface area (Å²) in [5.41, 5.74) is 0.456. The molecule has 1 nitrogen and oxygen atoms in total. The molecule has 0 bridgehead atoms. The molecule has 17 heavy (non-hydrogen) atoms. The first kappa shape index (κ1) is 13.1. The molecule has 4 atom stereocenters. The molecule has 1 saturated carbocycles. The standard InChI is InChI=1S/C15H25OP/c1-11(2)14-9-8-12(3)10-15(14)17(16)13-6-4-5-7-13/h4,6-7,11-12,14-15,17H,5,8-10H2,1-3H3/t12-,14+,15-/m1/s1. The van der Waals surface area contributed by atoms with Crippen molar-refractivity contribution in [1.29, 1.82) is 0 Å². The zero-order valence-corrected chi connectivity index (χ0v) is 12.3. The topological polar surface area (TPSA) is 17.1 Å². The van der Waals surface area contributed by atoms with E-state index >= 15 is 0 Å². The molecule has 2 aliphatic carbocycles. The van der Waals surface area contributed by atoms with Crippen molar-refractivity contribution in [2.24, 2.45) is 17.8 Å². The fraction of sp³-hybridized carbons (Fsp3) is 0.733. The molecule has 2 heteroatoms. The third-order valence-electron chi connectivity index (χ3n) is 4.41. The van der Waals surface area contributed by atoms with Crippen molar-refractivity contribution in [3.8, 4) is 0 Å². The van der Waals surface area contributed by atoms with Gasteiger partial charge >= 0.3 is 0 Å². The fourth-order valence-electron chi connectivity index (χ4n) is 3.36. The second kappa shape index (κ2) is 5.57. The minimum absolute atomic E-state index is 0.456. The van der Waals surface area contributed by atoms with Crippen LogP contribution in [0.1, 0.15) is 46.5 Å². The lowest BCUT2D eigenvalue weighted by Crippen LogP contribution is -2.29. The van der Waals surface area contributed by atoms with Crippen LogP contribution in [0.3, 0.4) is 0 Å². The van der Waals surface area contributed by atoms with E-state index in [0.29, 0.717) is 17.5 Å². The summed E-state index contributed by atoms with van der Waals surface area (Å²) in [6, 6.07) is 0. The molecule has 2 aliphatic rings. The summed E-state index contributed by atoms with van der Waals surface area (Å²) in [5.74, 6) is 2.11. The molecule has 0 N–H and O–H groups in total. The molecule has 0 saturated heterocycles. The maximum absolute atomic E-state index is 12.7. The third kappa shape index (κ3) is 2.94. The van der Waals surface area contributed by atoms with E-state index in [4.69, 9.17) is 0 Å². The zero-order chi connectivity index (χ0) is 12.4. The van der Waals surface area contributed by atoms with Crippen LogP contribution in [0.5, 0.6) is 0 Å². The van der Waals surface area contributed by atoms with Gasteiger partial charge < -0.3 is 4.57 Å². The first-order valence-corrected chi connectivity index (χ1v) is 8.49. The smallest absolute Gasteiger partial charge is 0.107 e. The predicted octanol–water partition coefficient (Wildman–Crippen LogP) is 4.85. The van der Waals surface area contributed by atoms with E-state index in [1.54, 1.807) is 0 Å². The van der Waals surface area contributed by atoms with E-state index in [1.807, 2.05) is 0 Å². The van der Waals surface area contributed by atoms with Crippen molar-refractivity contribution >= 4 is 7.80 Å². The summed E-state index contributed by atoms with van der Waals surface area (Å²) in [5, 5.41) is 1.15. The molecule has 1 unspecified atom stereocenters. The van der Waals surface area contributed by atoms with Gasteiger partial charge in [-0.15, -0.1) is 0 Å². The lowest BCUT2D eigenvalue weighted by molar-refractivity contribution is 0.239. The molecule has 0 aromatic rings. The van der Waals surface area contributed by atoms with Crippen LogP contribution >= 0.6 is 7.80 Å². The monoisotopic (exact) mass is 252 g/mol. The molecule has 2 rings (SSSR count). The Hall–Kier alpha value is -0.290. The van der Waals surface area contributed by atoms with Crippen LogP contribution in [0.15, 0.2) is 23.5 Å². The molecule has 0 aliphatic heterocycles. The second-order valence-electron chi connectivity index (χ2n) is 6.09. The van der Waals surface area contributed by atoms with Gasteiger partial charge in [-0.2, -0.15) is 0 Å². The van der Waals surface area contributed by atoms with Crippen LogP contribution in [-0.2, 0) is 4.57 Å². The molecular weight excluding hydrogens is 227 g/mol. The average Bonchev–Trinajstić information content (AvgIpc) is 2.80. The van der Waals surface area contributed by atoms with E-state index in [-0.39, 0.29) is 0 Å². The van der Waals surface area contributed by atoms with Crippen molar-refractivity contribution < 1.29 is 4.57 Å². The Morgan fingerprint density at radius 2 is 2.12 bits per heavy atom. The molecule has 0 aromatic carbocycles. The number of hydrogen-bond acceptors (Lipinski definition) is 1. The highest BCUT2D eigenvalue weighted by Crippen LogP contribution is 2.51. The highest BCUT2D eigenvalue weighted by molar-refractivity contribution is 7.50. The molecule has 0 radical (unpaired) electrons. The Morgan fingerprint density at radius 3 is 2.71 bits per heavy atom. The van der Waals surface area contributed by atoms with Crippen LogP contribution < -0.4 is 0 Å². The molecule has 0 heterocycles. The van der Waals surface area contributed by atoms with Crippen LogP contribution in [0, 0.1) is 17.8 Å². The Kier molecular flexibility index (Phi) is 4.31. The van der Waals surface area contributed by atoms with E-state index in [9.17, 15) is 4.57 Å². The predicted molar refractivity (Wildman–Crippen MR) is 76.0 cm³/mol. The van der Waals surface area contributed by atoms with Crippen LogP contribution in [-0.4, -0.2) is 5.66 Å². The number of allylic oxidation sites excluding steroid dienone is 4. The number of rotatable bonds is 3. The van der Waals surface area contributed by atoms with E-state index < -0.39 is 7.80 Å². The fourth-order valence-corrected chi connectivity index (χ4v) is 5.94. The summed E-state index contributed by atoms with van der Waals surface area (Å²) in [6.07, 6.45) is 11.1. The Labute approximate surface area is 106 Å². The zero-order valence-electron chi connectivity index (χ0n) is 11.3. The lowest BCUT2D eigenvalue weighted by atomic mass is 9.77. The largest absolute Gasteiger partial charge is 0.322 e. The molecule has 0 amide bonds. The molecule has 0 aromatic heterocycles. The van der Waals surface area contributed by atoms with Gasteiger partial charge in [-0.25, -0.2) is 0 Å².